The van der Waals surface area contributed by atoms with Crippen LogP contribution < -0.4 is 0 Å². The molecule has 0 saturated heterocycles. The Morgan fingerprint density at radius 1 is 1.55 bits per heavy atom. The molecule has 0 heterocycles. The summed E-state index contributed by atoms with van der Waals surface area (Å²) in [6.07, 6.45) is 0. The van der Waals surface area contributed by atoms with Gasteiger partial charge in [-0.1, -0.05) is 11.6 Å². The molecule has 0 unspecified atom stereocenters. The first-order chi connectivity index (χ1) is 5.16. The molecule has 56 valence electrons. The Hall–Kier alpha value is -0.270. The minimum absolute atomic E-state index is 0.693. The molecule has 1 aromatic rings. The van der Waals surface area contributed by atoms with Crippen molar-refractivity contribution in [3.63, 3.8) is 0 Å². The maximum absolute atomic E-state index is 8.64. The van der Waals surface area contributed by atoms with Crippen LogP contribution in [0.3, 0.4) is 0 Å². The van der Waals surface area contributed by atoms with Crippen molar-refractivity contribution < 1.29 is 0 Å². The quantitative estimate of drug-likeness (QED) is 0.668. The number of halogens is 2. The summed E-state index contributed by atoms with van der Waals surface area (Å²) in [4.78, 5) is 0. The second-order valence-corrected chi connectivity index (χ2v) is 3.63. The molecule has 0 aliphatic carbocycles. The molecule has 1 rings (SSSR count). The van der Waals surface area contributed by atoms with Gasteiger partial charge in [0.1, 0.15) is 0 Å². The molecule has 3 heteroatoms. The lowest BCUT2D eigenvalue weighted by Crippen LogP contribution is -1.86. The monoisotopic (exact) mass is 277 g/mol. The molecule has 1 aromatic carbocycles. The van der Waals surface area contributed by atoms with E-state index in [4.69, 9.17) is 16.9 Å². The molecule has 0 radical (unpaired) electrons. The van der Waals surface area contributed by atoms with Crippen molar-refractivity contribution in [3.8, 4) is 6.07 Å². The molecule has 0 spiro atoms. The van der Waals surface area contributed by atoms with E-state index in [-0.39, 0.29) is 0 Å². The molecule has 0 fully saturated rings. The van der Waals surface area contributed by atoms with E-state index in [1.54, 1.807) is 12.1 Å². The standard InChI is InChI=1S/C8H5ClIN/c1-5-6(4-11)2-3-7(9)8(5)10/h2-3H,1H3. The van der Waals surface area contributed by atoms with Crippen molar-refractivity contribution in [2.24, 2.45) is 0 Å². The van der Waals surface area contributed by atoms with Gasteiger partial charge in [-0.2, -0.15) is 5.26 Å². The average molecular weight is 277 g/mol. The molecule has 1 nitrogen and oxygen atoms in total. The van der Waals surface area contributed by atoms with Gasteiger partial charge in [-0.3, -0.25) is 0 Å². The highest BCUT2D eigenvalue weighted by Crippen LogP contribution is 2.23. The van der Waals surface area contributed by atoms with Crippen molar-refractivity contribution in [2.45, 2.75) is 6.92 Å². The van der Waals surface area contributed by atoms with Gasteiger partial charge in [0.05, 0.1) is 16.7 Å². The average Bonchev–Trinajstić information content (AvgIpc) is 2.01. The van der Waals surface area contributed by atoms with Crippen molar-refractivity contribution in [2.75, 3.05) is 0 Å². The Morgan fingerprint density at radius 2 is 2.18 bits per heavy atom. The van der Waals surface area contributed by atoms with Gasteiger partial charge >= 0.3 is 0 Å². The molecule has 0 saturated carbocycles. The number of rotatable bonds is 0. The van der Waals surface area contributed by atoms with Gasteiger partial charge in [0.2, 0.25) is 0 Å². The Kier molecular flexibility index (Phi) is 2.74. The van der Waals surface area contributed by atoms with Crippen molar-refractivity contribution in [3.05, 3.63) is 31.9 Å². The number of hydrogen-bond acceptors (Lipinski definition) is 1. The largest absolute Gasteiger partial charge is 0.192 e. The molecular formula is C8H5ClIN. The number of hydrogen-bond donors (Lipinski definition) is 0. The van der Waals surface area contributed by atoms with E-state index in [2.05, 4.69) is 28.7 Å². The number of benzene rings is 1. The Bertz CT molecular complexity index is 328. The van der Waals surface area contributed by atoms with Crippen LogP contribution in [-0.2, 0) is 0 Å². The van der Waals surface area contributed by atoms with Gasteiger partial charge in [-0.15, -0.1) is 0 Å². The van der Waals surface area contributed by atoms with Crippen molar-refractivity contribution in [1.82, 2.24) is 0 Å². The summed E-state index contributed by atoms with van der Waals surface area (Å²) in [6.45, 7) is 1.90. The first kappa shape index (κ1) is 8.82. The summed E-state index contributed by atoms with van der Waals surface area (Å²) in [5.74, 6) is 0. The fourth-order valence-electron chi connectivity index (χ4n) is 0.773. The minimum atomic E-state index is 0.693. The summed E-state index contributed by atoms with van der Waals surface area (Å²) in [6, 6.07) is 5.58. The van der Waals surface area contributed by atoms with Gasteiger partial charge in [-0.05, 0) is 47.2 Å². The Labute approximate surface area is 84.1 Å². The highest BCUT2D eigenvalue weighted by Gasteiger charge is 2.04. The smallest absolute Gasteiger partial charge is 0.0994 e. The summed E-state index contributed by atoms with van der Waals surface area (Å²) in [7, 11) is 0. The zero-order valence-corrected chi connectivity index (χ0v) is 8.77. The summed E-state index contributed by atoms with van der Waals surface area (Å²) < 4.78 is 0.961. The third-order valence-corrected chi connectivity index (χ3v) is 3.48. The lowest BCUT2D eigenvalue weighted by atomic mass is 10.1. The van der Waals surface area contributed by atoms with Crippen LogP contribution in [0.1, 0.15) is 11.1 Å². The highest BCUT2D eigenvalue weighted by atomic mass is 127. The zero-order chi connectivity index (χ0) is 8.43. The van der Waals surface area contributed by atoms with Crippen LogP contribution in [0.5, 0.6) is 0 Å². The Morgan fingerprint density at radius 3 is 2.73 bits per heavy atom. The fourth-order valence-corrected chi connectivity index (χ4v) is 1.45. The van der Waals surface area contributed by atoms with E-state index in [0.717, 1.165) is 9.13 Å². The summed E-state index contributed by atoms with van der Waals surface area (Å²) in [5, 5.41) is 9.35. The maximum atomic E-state index is 8.64. The fraction of sp³-hybridized carbons (Fsp3) is 0.125. The van der Waals surface area contributed by atoms with E-state index < -0.39 is 0 Å². The molecule has 0 N–H and O–H groups in total. The van der Waals surface area contributed by atoms with Gasteiger partial charge in [0, 0.05) is 3.57 Å². The number of nitriles is 1. The van der Waals surface area contributed by atoms with Gasteiger partial charge < -0.3 is 0 Å². The summed E-state index contributed by atoms with van der Waals surface area (Å²) in [5.41, 5.74) is 1.65. The first-order valence-electron chi connectivity index (χ1n) is 3.01. The molecule has 0 bridgehead atoms. The lowest BCUT2D eigenvalue weighted by Gasteiger charge is -2.01. The minimum Gasteiger partial charge on any atom is -0.192 e. The van der Waals surface area contributed by atoms with Gasteiger partial charge in [0.15, 0.2) is 0 Å². The van der Waals surface area contributed by atoms with Crippen LogP contribution >= 0.6 is 34.2 Å². The molecule has 0 aromatic heterocycles. The van der Waals surface area contributed by atoms with Crippen LogP contribution in [0.25, 0.3) is 0 Å². The molecule has 0 amide bonds. The maximum Gasteiger partial charge on any atom is 0.0994 e. The predicted molar refractivity (Wildman–Crippen MR) is 53.6 cm³/mol. The molecule has 0 aliphatic heterocycles. The normalized spacial score (nSPS) is 9.27. The second kappa shape index (κ2) is 3.42. The van der Waals surface area contributed by atoms with Crippen molar-refractivity contribution in [1.29, 1.82) is 5.26 Å². The van der Waals surface area contributed by atoms with E-state index in [0.29, 0.717) is 10.6 Å². The van der Waals surface area contributed by atoms with Gasteiger partial charge in [-0.25, -0.2) is 0 Å². The van der Waals surface area contributed by atoms with E-state index in [1.165, 1.54) is 0 Å². The zero-order valence-electron chi connectivity index (χ0n) is 5.86. The first-order valence-corrected chi connectivity index (χ1v) is 4.47. The van der Waals surface area contributed by atoms with Crippen LogP contribution in [-0.4, -0.2) is 0 Å². The Balaban J connectivity index is 3.40. The van der Waals surface area contributed by atoms with Crippen LogP contribution in [0.2, 0.25) is 5.02 Å². The SMILES string of the molecule is Cc1c(C#N)ccc(Cl)c1I. The summed E-state index contributed by atoms with van der Waals surface area (Å²) >= 11 is 7.96. The van der Waals surface area contributed by atoms with Crippen LogP contribution in [0, 0.1) is 21.8 Å². The second-order valence-electron chi connectivity index (χ2n) is 2.15. The topological polar surface area (TPSA) is 23.8 Å². The molecule has 0 aliphatic rings. The number of nitrogens with zero attached hydrogens (tertiary/aromatic N) is 1. The molecular weight excluding hydrogens is 272 g/mol. The highest BCUT2D eigenvalue weighted by molar-refractivity contribution is 14.1. The predicted octanol–water partition coefficient (Wildman–Crippen LogP) is 3.12. The van der Waals surface area contributed by atoms with Crippen LogP contribution in [0.4, 0.5) is 0 Å². The van der Waals surface area contributed by atoms with E-state index >= 15 is 0 Å². The third kappa shape index (κ3) is 1.66. The van der Waals surface area contributed by atoms with E-state index in [1.807, 2.05) is 6.92 Å². The molecule has 11 heavy (non-hydrogen) atoms. The van der Waals surface area contributed by atoms with Crippen molar-refractivity contribution >= 4 is 34.2 Å². The third-order valence-electron chi connectivity index (χ3n) is 1.46. The van der Waals surface area contributed by atoms with E-state index in [9.17, 15) is 0 Å². The van der Waals surface area contributed by atoms with Crippen LogP contribution in [0.15, 0.2) is 12.1 Å². The molecule has 0 atom stereocenters. The lowest BCUT2D eigenvalue weighted by molar-refractivity contribution is 1.37. The van der Waals surface area contributed by atoms with Gasteiger partial charge in [0.25, 0.3) is 0 Å².